The number of alkyl halides is 1. The molecule has 0 aliphatic heterocycles. The fourth-order valence-corrected chi connectivity index (χ4v) is 1.45. The number of hydrogen-bond donors (Lipinski definition) is 0. The molecule has 0 heterocycles. The Balaban J connectivity index is 2.76. The number of halogens is 1. The Labute approximate surface area is 106 Å². The number of benzene rings is 1. The second kappa shape index (κ2) is 6.28. The van der Waals surface area contributed by atoms with Crippen molar-refractivity contribution in [3.05, 3.63) is 35.4 Å². The Bertz CT molecular complexity index is 423. The molecule has 0 fully saturated rings. The van der Waals surface area contributed by atoms with Gasteiger partial charge in [0.15, 0.2) is 0 Å². The lowest BCUT2D eigenvalue weighted by atomic mass is 10.0. The number of aryl methyl sites for hydroxylation is 1. The van der Waals surface area contributed by atoms with E-state index < -0.39 is 24.0 Å². The normalized spacial score (nSPS) is 12.3. The third kappa shape index (κ3) is 3.65. The van der Waals surface area contributed by atoms with E-state index in [4.69, 9.17) is 0 Å². The minimum absolute atomic E-state index is 0.181. The third-order valence-electron chi connectivity index (χ3n) is 2.44. The van der Waals surface area contributed by atoms with E-state index in [9.17, 15) is 14.0 Å². The van der Waals surface area contributed by atoms with Gasteiger partial charge in [0.2, 0.25) is 5.78 Å². The molecule has 0 aliphatic carbocycles. The lowest BCUT2D eigenvalue weighted by Crippen LogP contribution is -2.29. The van der Waals surface area contributed by atoms with Crippen LogP contribution in [0.4, 0.5) is 4.39 Å². The third-order valence-corrected chi connectivity index (χ3v) is 2.44. The molecule has 0 aromatic heterocycles. The van der Waals surface area contributed by atoms with Crippen molar-refractivity contribution >= 4 is 11.8 Å². The number of carbonyl (C=O) groups is 2. The van der Waals surface area contributed by atoms with Crippen LogP contribution in [-0.2, 0) is 16.0 Å². The van der Waals surface area contributed by atoms with Gasteiger partial charge in [-0.2, -0.15) is 0 Å². The van der Waals surface area contributed by atoms with Crippen LogP contribution in [0.1, 0.15) is 36.7 Å². The molecule has 1 unspecified atom stereocenters. The van der Waals surface area contributed by atoms with Crippen LogP contribution in [0.15, 0.2) is 24.3 Å². The van der Waals surface area contributed by atoms with Crippen LogP contribution >= 0.6 is 0 Å². The number of ketones is 1. The van der Waals surface area contributed by atoms with Gasteiger partial charge in [0.25, 0.3) is 6.17 Å². The summed E-state index contributed by atoms with van der Waals surface area (Å²) in [6.07, 6.45) is -1.85. The average molecular weight is 252 g/mol. The summed E-state index contributed by atoms with van der Waals surface area (Å²) >= 11 is 0. The number of ether oxygens (including phenoxy) is 1. The quantitative estimate of drug-likeness (QED) is 0.460. The zero-order chi connectivity index (χ0) is 13.7. The first-order chi connectivity index (χ1) is 8.45. The van der Waals surface area contributed by atoms with Gasteiger partial charge in [-0.3, -0.25) is 4.79 Å². The highest BCUT2D eigenvalue weighted by Gasteiger charge is 2.29. The van der Waals surface area contributed by atoms with Gasteiger partial charge >= 0.3 is 5.97 Å². The van der Waals surface area contributed by atoms with E-state index in [1.165, 1.54) is 12.1 Å². The first-order valence-electron chi connectivity index (χ1n) is 5.93. The first kappa shape index (κ1) is 14.4. The van der Waals surface area contributed by atoms with E-state index in [0.29, 0.717) is 0 Å². The molecule has 0 spiro atoms. The lowest BCUT2D eigenvalue weighted by molar-refractivity contribution is -0.151. The fourth-order valence-electron chi connectivity index (χ4n) is 1.45. The summed E-state index contributed by atoms with van der Waals surface area (Å²) in [5.41, 5.74) is 1.23. The van der Waals surface area contributed by atoms with Crippen LogP contribution in [0.3, 0.4) is 0 Å². The molecule has 4 heteroatoms. The number of carbonyl (C=O) groups excluding carboxylic acids is 2. The molecule has 0 saturated heterocycles. The molecular formula is C14H17FO3. The maximum atomic E-state index is 13.6. The maximum Gasteiger partial charge on any atom is 0.349 e. The maximum absolute atomic E-state index is 13.6. The van der Waals surface area contributed by atoms with Crippen LogP contribution < -0.4 is 0 Å². The van der Waals surface area contributed by atoms with Gasteiger partial charge < -0.3 is 4.74 Å². The summed E-state index contributed by atoms with van der Waals surface area (Å²) < 4.78 is 18.3. The minimum atomic E-state index is -2.25. The predicted octanol–water partition coefficient (Wildman–Crippen LogP) is 2.72. The lowest BCUT2D eigenvalue weighted by Gasteiger charge is -2.10. The van der Waals surface area contributed by atoms with Crippen molar-refractivity contribution in [1.82, 2.24) is 0 Å². The van der Waals surface area contributed by atoms with Gasteiger partial charge in [-0.1, -0.05) is 31.2 Å². The Morgan fingerprint density at radius 2 is 1.78 bits per heavy atom. The smallest absolute Gasteiger partial charge is 0.349 e. The first-order valence-corrected chi connectivity index (χ1v) is 5.93. The summed E-state index contributed by atoms with van der Waals surface area (Å²) in [5, 5.41) is 0. The van der Waals surface area contributed by atoms with E-state index >= 15 is 0 Å². The highest BCUT2D eigenvalue weighted by molar-refractivity contribution is 6.11. The zero-order valence-corrected chi connectivity index (χ0v) is 10.8. The standard InChI is InChI=1S/C14H17FO3/c1-4-10-5-7-11(8-6-10)13(16)12(15)14(17)18-9(2)3/h5-9,12H,4H2,1-3H3. The molecule has 0 amide bonds. The summed E-state index contributed by atoms with van der Waals surface area (Å²) in [6.45, 7) is 5.19. The van der Waals surface area contributed by atoms with Crippen LogP contribution in [-0.4, -0.2) is 24.0 Å². The highest BCUT2D eigenvalue weighted by atomic mass is 19.1. The Kier molecular flexibility index (Phi) is 5.01. The van der Waals surface area contributed by atoms with Gasteiger partial charge in [-0.15, -0.1) is 0 Å². The van der Waals surface area contributed by atoms with Crippen LogP contribution in [0.5, 0.6) is 0 Å². The number of hydrogen-bond acceptors (Lipinski definition) is 3. The molecule has 1 rings (SSSR count). The molecule has 0 radical (unpaired) electrons. The van der Waals surface area contributed by atoms with Crippen molar-refractivity contribution < 1.29 is 18.7 Å². The van der Waals surface area contributed by atoms with Gasteiger partial charge in [0.05, 0.1) is 6.10 Å². The molecule has 1 aromatic rings. The predicted molar refractivity (Wildman–Crippen MR) is 66.3 cm³/mol. The van der Waals surface area contributed by atoms with E-state index in [-0.39, 0.29) is 5.56 Å². The summed E-state index contributed by atoms with van der Waals surface area (Å²) in [5.74, 6) is -1.99. The molecule has 0 saturated carbocycles. The molecule has 0 N–H and O–H groups in total. The Morgan fingerprint density at radius 3 is 2.22 bits per heavy atom. The second-order valence-corrected chi connectivity index (χ2v) is 4.26. The van der Waals surface area contributed by atoms with Gasteiger partial charge in [-0.25, -0.2) is 9.18 Å². The van der Waals surface area contributed by atoms with Crippen LogP contribution in [0, 0.1) is 0 Å². The Morgan fingerprint density at radius 1 is 1.22 bits per heavy atom. The van der Waals surface area contributed by atoms with Gasteiger partial charge in [0, 0.05) is 5.56 Å². The molecule has 1 aromatic carbocycles. The summed E-state index contributed by atoms with van der Waals surface area (Å²) in [6, 6.07) is 6.54. The topological polar surface area (TPSA) is 43.4 Å². The molecule has 0 aliphatic rings. The monoisotopic (exact) mass is 252 g/mol. The summed E-state index contributed by atoms with van der Waals surface area (Å²) in [7, 11) is 0. The Hall–Kier alpha value is -1.71. The largest absolute Gasteiger partial charge is 0.460 e. The van der Waals surface area contributed by atoms with E-state index in [1.54, 1.807) is 26.0 Å². The second-order valence-electron chi connectivity index (χ2n) is 4.26. The van der Waals surface area contributed by atoms with E-state index in [2.05, 4.69) is 4.74 Å². The molecule has 0 bridgehead atoms. The van der Waals surface area contributed by atoms with E-state index in [1.807, 2.05) is 6.92 Å². The van der Waals surface area contributed by atoms with Crippen LogP contribution in [0.25, 0.3) is 0 Å². The zero-order valence-electron chi connectivity index (χ0n) is 10.8. The SMILES string of the molecule is CCc1ccc(C(=O)C(F)C(=O)OC(C)C)cc1. The van der Waals surface area contributed by atoms with Crippen molar-refractivity contribution in [3.63, 3.8) is 0 Å². The van der Waals surface area contributed by atoms with Gasteiger partial charge in [-0.05, 0) is 25.8 Å². The molecule has 1 atom stereocenters. The highest BCUT2D eigenvalue weighted by Crippen LogP contribution is 2.11. The molecule has 18 heavy (non-hydrogen) atoms. The van der Waals surface area contributed by atoms with Gasteiger partial charge in [0.1, 0.15) is 0 Å². The fraction of sp³-hybridized carbons (Fsp3) is 0.429. The van der Waals surface area contributed by atoms with Crippen LogP contribution in [0.2, 0.25) is 0 Å². The van der Waals surface area contributed by atoms with E-state index in [0.717, 1.165) is 12.0 Å². The van der Waals surface area contributed by atoms with Crippen molar-refractivity contribution in [2.24, 2.45) is 0 Å². The number of Topliss-reactive ketones (excluding diaryl/α,β-unsaturated/α-hetero) is 1. The van der Waals surface area contributed by atoms with Crippen molar-refractivity contribution in [1.29, 1.82) is 0 Å². The molecular weight excluding hydrogens is 235 g/mol. The van der Waals surface area contributed by atoms with Crippen molar-refractivity contribution in [3.8, 4) is 0 Å². The number of rotatable bonds is 5. The molecule has 98 valence electrons. The summed E-state index contributed by atoms with van der Waals surface area (Å²) in [4.78, 5) is 23.0. The minimum Gasteiger partial charge on any atom is -0.460 e. The number of esters is 1. The molecule has 3 nitrogen and oxygen atoms in total. The van der Waals surface area contributed by atoms with Crippen molar-refractivity contribution in [2.45, 2.75) is 39.5 Å². The average Bonchev–Trinajstić information content (AvgIpc) is 2.36. The van der Waals surface area contributed by atoms with Crippen molar-refractivity contribution in [2.75, 3.05) is 0 Å².